The minimum absolute atomic E-state index is 0.0962. The zero-order valence-corrected chi connectivity index (χ0v) is 9.89. The van der Waals surface area contributed by atoms with Gasteiger partial charge in [-0.05, 0) is 30.7 Å². The lowest BCUT2D eigenvalue weighted by Gasteiger charge is -2.07. The molecule has 0 bridgehead atoms. The first kappa shape index (κ1) is 12.9. The molecule has 0 radical (unpaired) electrons. The van der Waals surface area contributed by atoms with Gasteiger partial charge in [-0.3, -0.25) is 10.1 Å². The fourth-order valence-corrected chi connectivity index (χ4v) is 1.53. The van der Waals surface area contributed by atoms with E-state index in [-0.39, 0.29) is 17.2 Å². The van der Waals surface area contributed by atoms with Gasteiger partial charge in [-0.25, -0.2) is 8.78 Å². The van der Waals surface area contributed by atoms with Crippen molar-refractivity contribution in [2.45, 2.75) is 6.92 Å². The maximum Gasteiger partial charge on any atom is 0.311 e. The van der Waals surface area contributed by atoms with Crippen molar-refractivity contribution in [1.29, 1.82) is 0 Å². The normalized spacial score (nSPS) is 10.3. The highest BCUT2D eigenvalue weighted by Crippen LogP contribution is 2.33. The van der Waals surface area contributed by atoms with Crippen molar-refractivity contribution in [1.82, 2.24) is 0 Å². The van der Waals surface area contributed by atoms with E-state index < -0.39 is 16.6 Å². The topological polar surface area (TPSA) is 52.4 Å². The van der Waals surface area contributed by atoms with Gasteiger partial charge in [0.25, 0.3) is 0 Å². The molecule has 0 saturated carbocycles. The number of halogens is 2. The minimum atomic E-state index is -0.921. The number of ether oxygens (including phenoxy) is 1. The van der Waals surface area contributed by atoms with Crippen LogP contribution in [0.3, 0.4) is 0 Å². The van der Waals surface area contributed by atoms with Crippen molar-refractivity contribution in [3.05, 3.63) is 63.7 Å². The average molecular weight is 265 g/mol. The fourth-order valence-electron chi connectivity index (χ4n) is 1.53. The third-order valence-electron chi connectivity index (χ3n) is 2.42. The Morgan fingerprint density at radius 1 is 1.11 bits per heavy atom. The Kier molecular flexibility index (Phi) is 3.41. The summed E-state index contributed by atoms with van der Waals surface area (Å²) < 4.78 is 31.3. The van der Waals surface area contributed by atoms with Crippen LogP contribution < -0.4 is 4.74 Å². The molecule has 4 nitrogen and oxygen atoms in total. The van der Waals surface area contributed by atoms with Crippen LogP contribution in [0.5, 0.6) is 11.5 Å². The van der Waals surface area contributed by atoms with Crippen LogP contribution in [0.15, 0.2) is 36.4 Å². The van der Waals surface area contributed by atoms with Crippen molar-refractivity contribution in [3.8, 4) is 11.5 Å². The molecule has 2 aromatic rings. The Balaban J connectivity index is 2.40. The molecule has 19 heavy (non-hydrogen) atoms. The number of rotatable bonds is 3. The molecule has 0 heterocycles. The van der Waals surface area contributed by atoms with Crippen molar-refractivity contribution >= 4 is 5.69 Å². The van der Waals surface area contributed by atoms with Crippen molar-refractivity contribution in [2.75, 3.05) is 0 Å². The largest absolute Gasteiger partial charge is 0.447 e. The molecule has 0 spiro atoms. The second-order valence-electron chi connectivity index (χ2n) is 3.91. The lowest BCUT2D eigenvalue weighted by molar-refractivity contribution is -0.385. The smallest absolute Gasteiger partial charge is 0.311 e. The Bertz CT molecular complexity index is 644. The van der Waals surface area contributed by atoms with Gasteiger partial charge >= 0.3 is 5.69 Å². The summed E-state index contributed by atoms with van der Waals surface area (Å²) in [6.07, 6.45) is 0. The van der Waals surface area contributed by atoms with Gasteiger partial charge in [-0.15, -0.1) is 0 Å². The van der Waals surface area contributed by atoms with Crippen LogP contribution in [0, 0.1) is 28.7 Å². The molecule has 2 aromatic carbocycles. The number of hydrogen-bond acceptors (Lipinski definition) is 3. The summed E-state index contributed by atoms with van der Waals surface area (Å²) >= 11 is 0. The summed E-state index contributed by atoms with van der Waals surface area (Å²) in [7, 11) is 0. The van der Waals surface area contributed by atoms with Gasteiger partial charge in [0, 0.05) is 12.1 Å². The van der Waals surface area contributed by atoms with Gasteiger partial charge in [0.2, 0.25) is 5.75 Å². The molecule has 2 rings (SSSR count). The molecule has 0 saturated heterocycles. The molecule has 0 unspecified atom stereocenters. The van der Waals surface area contributed by atoms with Crippen LogP contribution in [0.1, 0.15) is 5.56 Å². The molecular formula is C13H9F2NO3. The van der Waals surface area contributed by atoms with E-state index >= 15 is 0 Å². The number of nitro benzene ring substituents is 1. The Hall–Kier alpha value is -2.50. The monoisotopic (exact) mass is 265 g/mol. The number of nitrogens with zero attached hydrogens (tertiary/aromatic N) is 1. The SMILES string of the molecule is Cc1ccc(Oc2ccc(F)cc2F)c([N+](=O)[O-])c1. The number of nitro groups is 1. The summed E-state index contributed by atoms with van der Waals surface area (Å²) in [5.74, 6) is -2.03. The molecule has 0 fully saturated rings. The molecule has 0 N–H and O–H groups in total. The molecule has 0 aliphatic heterocycles. The highest BCUT2D eigenvalue weighted by molar-refractivity contribution is 5.50. The maximum atomic E-state index is 13.4. The Morgan fingerprint density at radius 2 is 1.79 bits per heavy atom. The molecular weight excluding hydrogens is 256 g/mol. The zero-order valence-electron chi connectivity index (χ0n) is 9.89. The number of aryl methyl sites for hydroxylation is 1. The van der Waals surface area contributed by atoms with Gasteiger partial charge in [-0.2, -0.15) is 0 Å². The van der Waals surface area contributed by atoms with Crippen LogP contribution >= 0.6 is 0 Å². The van der Waals surface area contributed by atoms with Crippen molar-refractivity contribution in [2.24, 2.45) is 0 Å². The van der Waals surface area contributed by atoms with E-state index in [0.717, 1.165) is 12.1 Å². The molecule has 98 valence electrons. The number of benzene rings is 2. The third kappa shape index (κ3) is 2.85. The highest BCUT2D eigenvalue weighted by Gasteiger charge is 2.17. The first-order valence-corrected chi connectivity index (χ1v) is 5.35. The average Bonchev–Trinajstić information content (AvgIpc) is 2.34. The van der Waals surface area contributed by atoms with E-state index in [9.17, 15) is 18.9 Å². The van der Waals surface area contributed by atoms with Gasteiger partial charge in [0.1, 0.15) is 5.82 Å². The predicted octanol–water partition coefficient (Wildman–Crippen LogP) is 3.97. The quantitative estimate of drug-likeness (QED) is 0.623. The Labute approximate surface area is 107 Å². The summed E-state index contributed by atoms with van der Waals surface area (Å²) in [6.45, 7) is 1.69. The molecule has 0 aliphatic rings. The van der Waals surface area contributed by atoms with Crippen LogP contribution in [-0.2, 0) is 0 Å². The van der Waals surface area contributed by atoms with Crippen molar-refractivity contribution < 1.29 is 18.4 Å². The van der Waals surface area contributed by atoms with Gasteiger partial charge in [-0.1, -0.05) is 6.07 Å². The zero-order chi connectivity index (χ0) is 14.0. The Morgan fingerprint density at radius 3 is 2.42 bits per heavy atom. The highest BCUT2D eigenvalue weighted by atomic mass is 19.1. The molecule has 0 atom stereocenters. The van der Waals surface area contributed by atoms with Gasteiger partial charge in [0.05, 0.1) is 4.92 Å². The van der Waals surface area contributed by atoms with E-state index in [1.54, 1.807) is 13.0 Å². The number of hydrogen-bond donors (Lipinski definition) is 0. The van der Waals surface area contributed by atoms with Crippen LogP contribution in [-0.4, -0.2) is 4.92 Å². The predicted molar refractivity (Wildman–Crippen MR) is 64.3 cm³/mol. The molecule has 0 aromatic heterocycles. The van der Waals surface area contributed by atoms with Crippen LogP contribution in [0.4, 0.5) is 14.5 Å². The fraction of sp³-hybridized carbons (Fsp3) is 0.0769. The summed E-state index contributed by atoms with van der Waals surface area (Å²) in [5.41, 5.74) is 0.405. The summed E-state index contributed by atoms with van der Waals surface area (Å²) in [4.78, 5) is 10.3. The standard InChI is InChI=1S/C13H9F2NO3/c1-8-2-4-13(11(6-8)16(17)18)19-12-5-3-9(14)7-10(12)15/h2-7H,1H3. The first-order valence-electron chi connectivity index (χ1n) is 5.35. The molecule has 0 aliphatic carbocycles. The van der Waals surface area contributed by atoms with E-state index in [1.165, 1.54) is 12.1 Å². The van der Waals surface area contributed by atoms with E-state index in [1.807, 2.05) is 0 Å². The van der Waals surface area contributed by atoms with Crippen LogP contribution in [0.25, 0.3) is 0 Å². The van der Waals surface area contributed by atoms with E-state index in [2.05, 4.69) is 0 Å². The van der Waals surface area contributed by atoms with Gasteiger partial charge < -0.3 is 4.74 Å². The molecule has 0 amide bonds. The van der Waals surface area contributed by atoms with E-state index in [4.69, 9.17) is 4.74 Å². The van der Waals surface area contributed by atoms with Crippen LogP contribution in [0.2, 0.25) is 0 Å². The summed E-state index contributed by atoms with van der Waals surface area (Å²) in [5, 5.41) is 10.9. The summed E-state index contributed by atoms with van der Waals surface area (Å²) in [6, 6.07) is 7.03. The van der Waals surface area contributed by atoms with E-state index in [0.29, 0.717) is 11.6 Å². The third-order valence-corrected chi connectivity index (χ3v) is 2.42. The lowest BCUT2D eigenvalue weighted by Crippen LogP contribution is -1.95. The van der Waals surface area contributed by atoms with Crippen molar-refractivity contribution in [3.63, 3.8) is 0 Å². The van der Waals surface area contributed by atoms with Gasteiger partial charge in [0.15, 0.2) is 11.6 Å². The lowest BCUT2D eigenvalue weighted by atomic mass is 10.2. The second kappa shape index (κ2) is 5.01. The minimum Gasteiger partial charge on any atom is -0.447 e. The molecule has 6 heteroatoms. The second-order valence-corrected chi connectivity index (χ2v) is 3.91. The maximum absolute atomic E-state index is 13.4. The first-order chi connectivity index (χ1) is 8.97.